The minimum atomic E-state index is 0.0819. The minimum Gasteiger partial charge on any atom is -0.489 e. The monoisotopic (exact) mass is 418 g/mol. The fraction of sp³-hybridized carbons (Fsp3) is 0.333. The van der Waals surface area contributed by atoms with Crippen molar-refractivity contribution in [1.82, 2.24) is 9.36 Å². The van der Waals surface area contributed by atoms with Crippen molar-refractivity contribution >= 4 is 35.8 Å². The summed E-state index contributed by atoms with van der Waals surface area (Å²) >= 11 is 12.1. The van der Waals surface area contributed by atoms with Gasteiger partial charge in [0.1, 0.15) is 10.8 Å². The predicted molar refractivity (Wildman–Crippen MR) is 118 cm³/mol. The van der Waals surface area contributed by atoms with Crippen LogP contribution in [-0.2, 0) is 12.8 Å². The van der Waals surface area contributed by atoms with Crippen LogP contribution >= 0.6 is 35.8 Å². The minimum absolute atomic E-state index is 0.0819. The smallest absolute Gasteiger partial charge is 0.173 e. The molecule has 0 radical (unpaired) electrons. The van der Waals surface area contributed by atoms with E-state index >= 15 is 0 Å². The maximum Gasteiger partial charge on any atom is 0.173 e. The van der Waals surface area contributed by atoms with E-state index in [0.29, 0.717) is 10.8 Å². The van der Waals surface area contributed by atoms with E-state index in [-0.39, 0.29) is 6.10 Å². The summed E-state index contributed by atoms with van der Waals surface area (Å²) in [5.74, 6) is 2.29. The highest BCUT2D eigenvalue weighted by molar-refractivity contribution is 7.80. The van der Waals surface area contributed by atoms with E-state index in [9.17, 15) is 0 Å². The van der Waals surface area contributed by atoms with Gasteiger partial charge in [0, 0.05) is 11.1 Å². The van der Waals surface area contributed by atoms with Crippen molar-refractivity contribution < 1.29 is 4.74 Å². The van der Waals surface area contributed by atoms with Crippen molar-refractivity contribution in [2.45, 2.75) is 39.7 Å². The number of benzene rings is 2. The van der Waals surface area contributed by atoms with E-state index in [1.807, 2.05) is 32.0 Å². The summed E-state index contributed by atoms with van der Waals surface area (Å²) in [7, 11) is 0. The highest BCUT2D eigenvalue weighted by Gasteiger charge is 2.15. The van der Waals surface area contributed by atoms with Crippen LogP contribution in [0.2, 0.25) is 5.02 Å². The Balaban J connectivity index is 1.94. The normalized spacial score (nSPS) is 11.2. The Morgan fingerprint density at radius 2 is 2.04 bits per heavy atom. The zero-order chi connectivity index (χ0) is 19.4. The lowest BCUT2D eigenvalue weighted by molar-refractivity contribution is 0.242. The van der Waals surface area contributed by atoms with Gasteiger partial charge in [-0.25, -0.2) is 4.98 Å². The molecule has 1 aromatic heterocycles. The summed E-state index contributed by atoms with van der Waals surface area (Å²) in [4.78, 5) is 4.78. The van der Waals surface area contributed by atoms with Crippen molar-refractivity contribution in [3.63, 3.8) is 0 Å². The van der Waals surface area contributed by atoms with E-state index in [2.05, 4.69) is 42.1 Å². The fourth-order valence-corrected chi connectivity index (χ4v) is 4.19. The largest absolute Gasteiger partial charge is 0.489 e. The van der Waals surface area contributed by atoms with Crippen LogP contribution in [0.4, 0.5) is 0 Å². The van der Waals surface area contributed by atoms with Gasteiger partial charge in [0.25, 0.3) is 0 Å². The van der Waals surface area contributed by atoms with Crippen molar-refractivity contribution in [3.05, 3.63) is 52.5 Å². The number of aryl methyl sites for hydroxylation is 1. The number of aromatic nitrogens is 2. The molecule has 0 bridgehead atoms. The van der Waals surface area contributed by atoms with Crippen molar-refractivity contribution in [2.75, 3.05) is 5.75 Å². The molecule has 0 aliphatic heterocycles. The van der Waals surface area contributed by atoms with Crippen LogP contribution in [0.25, 0.3) is 22.0 Å². The Kier molecular flexibility index (Phi) is 6.79. The van der Waals surface area contributed by atoms with E-state index in [1.54, 1.807) is 0 Å². The maximum atomic E-state index is 6.37. The second kappa shape index (κ2) is 9.09. The van der Waals surface area contributed by atoms with Crippen LogP contribution < -0.4 is 4.74 Å². The second-order valence-electron chi connectivity index (χ2n) is 6.51. The Morgan fingerprint density at radius 1 is 1.22 bits per heavy atom. The van der Waals surface area contributed by atoms with Gasteiger partial charge in [0.2, 0.25) is 0 Å². The molecule has 6 heteroatoms. The summed E-state index contributed by atoms with van der Waals surface area (Å²) in [6, 6.07) is 12.1. The van der Waals surface area contributed by atoms with Gasteiger partial charge in [-0.3, -0.25) is 0 Å². The number of nitrogens with zero attached hydrogens (tertiary/aromatic N) is 2. The van der Waals surface area contributed by atoms with Gasteiger partial charge < -0.3 is 4.74 Å². The fourth-order valence-electron chi connectivity index (χ4n) is 3.05. The molecular weight excluding hydrogens is 396 g/mol. The SMILES string of the molecule is CCc1c(CCS)cccc1-c1nsc(-c2ccc(OC(C)C)c(Cl)c2)n1. The van der Waals surface area contributed by atoms with Gasteiger partial charge in [-0.05, 0) is 73.3 Å². The lowest BCUT2D eigenvalue weighted by atomic mass is 9.97. The molecule has 1 heterocycles. The topological polar surface area (TPSA) is 35.0 Å². The third-order valence-corrected chi connectivity index (χ3v) is 5.50. The average Bonchev–Trinajstić information content (AvgIpc) is 3.13. The van der Waals surface area contributed by atoms with Crippen molar-refractivity contribution in [3.8, 4) is 27.7 Å². The number of ether oxygens (including phenoxy) is 1. The van der Waals surface area contributed by atoms with Gasteiger partial charge in [-0.2, -0.15) is 17.0 Å². The molecule has 0 saturated carbocycles. The van der Waals surface area contributed by atoms with Gasteiger partial charge in [-0.15, -0.1) is 0 Å². The standard InChI is InChI=1S/C21H23ClN2OS2/c1-4-16-14(10-11-26)6-5-7-17(16)20-23-21(27-24-20)15-8-9-19(18(22)12-15)25-13(2)3/h5-9,12-13,26H,4,10-11H2,1-3H3. The zero-order valence-electron chi connectivity index (χ0n) is 15.7. The number of hydrogen-bond donors (Lipinski definition) is 1. The van der Waals surface area contributed by atoms with Gasteiger partial charge in [-0.1, -0.05) is 36.7 Å². The lowest BCUT2D eigenvalue weighted by Crippen LogP contribution is -2.05. The molecule has 0 N–H and O–H groups in total. The van der Waals surface area contributed by atoms with E-state index < -0.39 is 0 Å². The van der Waals surface area contributed by atoms with Crippen LogP contribution in [0.15, 0.2) is 36.4 Å². The van der Waals surface area contributed by atoms with E-state index in [1.165, 1.54) is 22.7 Å². The summed E-state index contributed by atoms with van der Waals surface area (Å²) in [5.41, 5.74) is 4.67. The van der Waals surface area contributed by atoms with Crippen LogP contribution in [0.1, 0.15) is 31.9 Å². The third kappa shape index (κ3) is 4.65. The van der Waals surface area contributed by atoms with Gasteiger partial charge >= 0.3 is 0 Å². The van der Waals surface area contributed by atoms with Crippen molar-refractivity contribution in [2.24, 2.45) is 0 Å². The molecule has 3 rings (SSSR count). The van der Waals surface area contributed by atoms with Crippen LogP contribution in [0.3, 0.4) is 0 Å². The first kappa shape index (κ1) is 20.2. The summed E-state index contributed by atoms with van der Waals surface area (Å²) in [6.07, 6.45) is 1.98. The lowest BCUT2D eigenvalue weighted by Gasteiger charge is -2.11. The predicted octanol–water partition coefficient (Wildman–Crippen LogP) is 6.35. The molecule has 0 aliphatic carbocycles. The molecule has 3 aromatic rings. The summed E-state index contributed by atoms with van der Waals surface area (Å²) < 4.78 is 10.3. The molecule has 142 valence electrons. The average molecular weight is 419 g/mol. The first-order valence-electron chi connectivity index (χ1n) is 9.05. The molecule has 0 saturated heterocycles. The van der Waals surface area contributed by atoms with Crippen LogP contribution in [-0.4, -0.2) is 21.2 Å². The second-order valence-corrected chi connectivity index (χ2v) is 8.11. The molecule has 27 heavy (non-hydrogen) atoms. The first-order chi connectivity index (χ1) is 13.0. The Morgan fingerprint density at radius 3 is 2.70 bits per heavy atom. The quantitative estimate of drug-likeness (QED) is 0.454. The van der Waals surface area contributed by atoms with E-state index in [0.717, 1.165) is 40.6 Å². The Labute approximate surface area is 175 Å². The summed E-state index contributed by atoms with van der Waals surface area (Å²) in [6.45, 7) is 6.13. The molecule has 2 aromatic carbocycles. The van der Waals surface area contributed by atoms with Crippen LogP contribution in [0.5, 0.6) is 5.75 Å². The molecular formula is C21H23ClN2OS2. The molecule has 0 fully saturated rings. The number of halogens is 1. The van der Waals surface area contributed by atoms with Gasteiger partial charge in [0.15, 0.2) is 5.82 Å². The Hall–Kier alpha value is -1.56. The summed E-state index contributed by atoms with van der Waals surface area (Å²) in [5, 5.41) is 1.44. The van der Waals surface area contributed by atoms with Crippen molar-refractivity contribution in [1.29, 1.82) is 0 Å². The third-order valence-electron chi connectivity index (χ3n) is 4.22. The zero-order valence-corrected chi connectivity index (χ0v) is 18.2. The number of rotatable bonds is 7. The maximum absolute atomic E-state index is 6.37. The Bertz CT molecular complexity index is 924. The number of hydrogen-bond acceptors (Lipinski definition) is 5. The first-order valence-corrected chi connectivity index (χ1v) is 10.8. The molecule has 3 nitrogen and oxygen atoms in total. The van der Waals surface area contributed by atoms with E-state index in [4.69, 9.17) is 21.3 Å². The molecule has 0 atom stereocenters. The molecule has 0 aliphatic rings. The van der Waals surface area contributed by atoms with Crippen LogP contribution in [0, 0.1) is 0 Å². The molecule has 0 unspecified atom stereocenters. The molecule has 0 spiro atoms. The highest BCUT2D eigenvalue weighted by Crippen LogP contribution is 2.34. The molecule has 0 amide bonds. The highest BCUT2D eigenvalue weighted by atomic mass is 35.5. The van der Waals surface area contributed by atoms with Gasteiger partial charge in [0.05, 0.1) is 11.1 Å². The number of thiol groups is 1.